The van der Waals surface area contributed by atoms with Crippen LogP contribution in [0.3, 0.4) is 0 Å². The largest absolute Gasteiger partial charge is 0.497 e. The molecule has 2 rings (SSSR count). The van der Waals surface area contributed by atoms with Crippen molar-refractivity contribution < 1.29 is 9.53 Å². The molecular formula is C16H26N2O2. The molecule has 0 aromatic heterocycles. The lowest BCUT2D eigenvalue weighted by Crippen LogP contribution is -2.27. The Hall–Kier alpha value is -1.55. The molecule has 1 saturated heterocycles. The molecule has 0 radical (unpaired) electrons. The van der Waals surface area contributed by atoms with Crippen LogP contribution >= 0.6 is 0 Å². The van der Waals surface area contributed by atoms with E-state index in [0.29, 0.717) is 12.3 Å². The maximum atomic E-state index is 11.8. The van der Waals surface area contributed by atoms with Crippen molar-refractivity contribution in [3.63, 3.8) is 0 Å². The normalized spacial score (nSPS) is 13.7. The Labute approximate surface area is 122 Å². The number of nitrogens with one attached hydrogen (secondary N) is 1. The molecule has 20 heavy (non-hydrogen) atoms. The number of likely N-dealkylation sites (tertiary alicyclic amines) is 1. The molecule has 1 N–H and O–H groups in total. The zero-order valence-corrected chi connectivity index (χ0v) is 12.8. The summed E-state index contributed by atoms with van der Waals surface area (Å²) < 4.78 is 5.10. The second-order valence-electron chi connectivity index (χ2n) is 4.94. The van der Waals surface area contributed by atoms with Crippen molar-refractivity contribution in [1.82, 2.24) is 10.2 Å². The monoisotopic (exact) mass is 278 g/mol. The number of carbonyl (C=O) groups excluding carboxylic acids is 1. The molecule has 1 heterocycles. The molecule has 0 bridgehead atoms. The Bertz CT molecular complexity index is 384. The van der Waals surface area contributed by atoms with Gasteiger partial charge in [0.2, 0.25) is 5.91 Å². The maximum absolute atomic E-state index is 11.8. The lowest BCUT2D eigenvalue weighted by Gasteiger charge is -2.14. The predicted octanol–water partition coefficient (Wildman–Crippen LogP) is 2.09. The lowest BCUT2D eigenvalue weighted by molar-refractivity contribution is -0.130. The second kappa shape index (κ2) is 9.37. The Morgan fingerprint density at radius 2 is 1.75 bits per heavy atom. The highest BCUT2D eigenvalue weighted by Crippen LogP contribution is 2.14. The van der Waals surface area contributed by atoms with Gasteiger partial charge in [-0.1, -0.05) is 12.1 Å². The molecule has 0 aliphatic carbocycles. The van der Waals surface area contributed by atoms with E-state index in [9.17, 15) is 4.79 Å². The maximum Gasteiger partial charge on any atom is 0.222 e. The number of methoxy groups -OCH3 is 1. The summed E-state index contributed by atoms with van der Waals surface area (Å²) in [6.07, 6.45) is 3.76. The van der Waals surface area contributed by atoms with Gasteiger partial charge < -0.3 is 15.0 Å². The van der Waals surface area contributed by atoms with Crippen molar-refractivity contribution in [2.24, 2.45) is 0 Å². The van der Waals surface area contributed by atoms with E-state index in [1.54, 1.807) is 7.11 Å². The van der Waals surface area contributed by atoms with Gasteiger partial charge in [0.25, 0.3) is 0 Å². The Morgan fingerprint density at radius 1 is 1.20 bits per heavy atom. The van der Waals surface area contributed by atoms with E-state index < -0.39 is 0 Å². The average Bonchev–Trinajstić information content (AvgIpc) is 3.00. The average molecular weight is 278 g/mol. The third kappa shape index (κ3) is 5.61. The molecule has 0 unspecified atom stereocenters. The van der Waals surface area contributed by atoms with Crippen molar-refractivity contribution in [3.8, 4) is 5.75 Å². The fourth-order valence-electron chi connectivity index (χ4n) is 2.17. The van der Waals surface area contributed by atoms with Crippen LogP contribution in [0.25, 0.3) is 0 Å². The standard InChI is InChI=1S/C14H19NO2.C2H7N/c1-17-13-7-4-12(5-8-13)6-9-14(16)15-10-2-3-11-15;1-3-2/h4-5,7-8H,2-3,6,9-11H2,1H3;3H,1-2H3. The summed E-state index contributed by atoms with van der Waals surface area (Å²) in [6, 6.07) is 7.93. The fourth-order valence-corrected chi connectivity index (χ4v) is 2.17. The van der Waals surface area contributed by atoms with Crippen LogP contribution in [-0.4, -0.2) is 45.1 Å². The van der Waals surface area contributed by atoms with Gasteiger partial charge in [-0.15, -0.1) is 0 Å². The summed E-state index contributed by atoms with van der Waals surface area (Å²) >= 11 is 0. The van der Waals surface area contributed by atoms with Crippen molar-refractivity contribution in [1.29, 1.82) is 0 Å². The van der Waals surface area contributed by atoms with Gasteiger partial charge in [0.15, 0.2) is 0 Å². The molecule has 1 amide bonds. The number of carbonyl (C=O) groups is 1. The molecule has 4 nitrogen and oxygen atoms in total. The molecule has 1 aromatic rings. The van der Waals surface area contributed by atoms with Crippen LogP contribution in [0.1, 0.15) is 24.8 Å². The molecule has 0 spiro atoms. The number of hydrogen-bond acceptors (Lipinski definition) is 3. The van der Waals surface area contributed by atoms with Crippen LogP contribution in [0.15, 0.2) is 24.3 Å². The third-order valence-electron chi connectivity index (χ3n) is 3.25. The molecular weight excluding hydrogens is 252 g/mol. The third-order valence-corrected chi connectivity index (χ3v) is 3.25. The van der Waals surface area contributed by atoms with E-state index in [-0.39, 0.29) is 0 Å². The van der Waals surface area contributed by atoms with E-state index >= 15 is 0 Å². The van der Waals surface area contributed by atoms with Crippen LogP contribution in [0.5, 0.6) is 5.75 Å². The first-order chi connectivity index (χ1) is 9.71. The molecule has 4 heteroatoms. The van der Waals surface area contributed by atoms with Crippen LogP contribution < -0.4 is 10.1 Å². The minimum absolute atomic E-state index is 0.290. The number of rotatable bonds is 4. The minimum Gasteiger partial charge on any atom is -0.497 e. The molecule has 1 aliphatic rings. The first kappa shape index (κ1) is 16.5. The van der Waals surface area contributed by atoms with Gasteiger partial charge in [0.05, 0.1) is 7.11 Å². The van der Waals surface area contributed by atoms with Crippen molar-refractivity contribution in [2.45, 2.75) is 25.7 Å². The first-order valence-corrected chi connectivity index (χ1v) is 7.20. The number of benzene rings is 1. The number of aryl methyl sites for hydroxylation is 1. The minimum atomic E-state index is 0.290. The number of nitrogens with zero attached hydrogens (tertiary/aromatic N) is 1. The van der Waals surface area contributed by atoms with Crippen molar-refractivity contribution in [2.75, 3.05) is 34.3 Å². The molecule has 1 aromatic carbocycles. The van der Waals surface area contributed by atoms with Crippen molar-refractivity contribution >= 4 is 5.91 Å². The highest BCUT2D eigenvalue weighted by Gasteiger charge is 2.17. The number of hydrogen-bond donors (Lipinski definition) is 1. The van der Waals surface area contributed by atoms with E-state index in [4.69, 9.17) is 4.74 Å². The van der Waals surface area contributed by atoms with E-state index in [2.05, 4.69) is 5.32 Å². The molecule has 0 saturated carbocycles. The Balaban J connectivity index is 0.000000612. The Kier molecular flexibility index (Phi) is 7.73. The number of amides is 1. The first-order valence-electron chi connectivity index (χ1n) is 7.20. The van der Waals surface area contributed by atoms with Gasteiger partial charge in [-0.3, -0.25) is 4.79 Å². The predicted molar refractivity (Wildman–Crippen MR) is 82.1 cm³/mol. The summed E-state index contributed by atoms with van der Waals surface area (Å²) in [5.41, 5.74) is 1.19. The fraction of sp³-hybridized carbons (Fsp3) is 0.562. The van der Waals surface area contributed by atoms with E-state index in [0.717, 1.165) is 38.1 Å². The highest BCUT2D eigenvalue weighted by atomic mass is 16.5. The van der Waals surface area contributed by atoms with Crippen LogP contribution in [0.2, 0.25) is 0 Å². The molecule has 112 valence electrons. The van der Waals surface area contributed by atoms with Gasteiger partial charge in [-0.05, 0) is 51.1 Å². The number of ether oxygens (including phenoxy) is 1. The summed E-state index contributed by atoms with van der Waals surface area (Å²) in [4.78, 5) is 13.8. The van der Waals surface area contributed by atoms with Gasteiger partial charge in [0.1, 0.15) is 5.75 Å². The smallest absolute Gasteiger partial charge is 0.222 e. The molecule has 0 atom stereocenters. The van der Waals surface area contributed by atoms with Gasteiger partial charge in [-0.2, -0.15) is 0 Å². The summed E-state index contributed by atoms with van der Waals surface area (Å²) in [6.45, 7) is 1.89. The van der Waals surface area contributed by atoms with Gasteiger partial charge in [-0.25, -0.2) is 0 Å². The van der Waals surface area contributed by atoms with Gasteiger partial charge in [0, 0.05) is 19.5 Å². The lowest BCUT2D eigenvalue weighted by atomic mass is 10.1. The van der Waals surface area contributed by atoms with Crippen LogP contribution in [0, 0.1) is 0 Å². The topological polar surface area (TPSA) is 41.6 Å². The summed E-state index contributed by atoms with van der Waals surface area (Å²) in [5.74, 6) is 1.15. The summed E-state index contributed by atoms with van der Waals surface area (Å²) in [5, 5.41) is 2.75. The zero-order valence-electron chi connectivity index (χ0n) is 12.8. The van der Waals surface area contributed by atoms with Crippen LogP contribution in [0.4, 0.5) is 0 Å². The highest BCUT2D eigenvalue weighted by molar-refractivity contribution is 5.76. The molecule has 1 aliphatic heterocycles. The quantitative estimate of drug-likeness (QED) is 0.917. The zero-order chi connectivity index (χ0) is 14.8. The van der Waals surface area contributed by atoms with E-state index in [1.807, 2.05) is 43.3 Å². The molecule has 1 fully saturated rings. The SMILES string of the molecule is CNC.COc1ccc(CCC(=O)N2CCCC2)cc1. The Morgan fingerprint density at radius 3 is 2.25 bits per heavy atom. The van der Waals surface area contributed by atoms with Crippen molar-refractivity contribution in [3.05, 3.63) is 29.8 Å². The van der Waals surface area contributed by atoms with Gasteiger partial charge >= 0.3 is 0 Å². The van der Waals surface area contributed by atoms with Crippen LogP contribution in [-0.2, 0) is 11.2 Å². The van der Waals surface area contributed by atoms with E-state index in [1.165, 1.54) is 5.56 Å². The second-order valence-corrected chi connectivity index (χ2v) is 4.94. The summed E-state index contributed by atoms with van der Waals surface area (Å²) in [7, 11) is 5.41.